The molecule has 0 fully saturated rings. The van der Waals surface area contributed by atoms with E-state index in [4.69, 9.17) is 4.74 Å². The van der Waals surface area contributed by atoms with Crippen LogP contribution in [0.1, 0.15) is 5.56 Å². The van der Waals surface area contributed by atoms with Gasteiger partial charge in [-0.3, -0.25) is 0 Å². The molecule has 0 saturated carbocycles. The molecule has 0 unspecified atom stereocenters. The number of urea groups is 1. The molecule has 0 bridgehead atoms. The summed E-state index contributed by atoms with van der Waals surface area (Å²) in [5, 5.41) is 2.95. The van der Waals surface area contributed by atoms with Crippen LogP contribution in [0, 0.1) is 0 Å². The van der Waals surface area contributed by atoms with Crippen LogP contribution in [0.5, 0.6) is 5.75 Å². The zero-order chi connectivity index (χ0) is 17.4. The zero-order valence-electron chi connectivity index (χ0n) is 14.5. The van der Waals surface area contributed by atoms with E-state index in [1.807, 2.05) is 49.5 Å². The number of rotatable bonds is 7. The molecule has 2 aromatic carbocycles. The van der Waals surface area contributed by atoms with Gasteiger partial charge < -0.3 is 19.9 Å². The average Bonchev–Trinajstić information content (AvgIpc) is 2.62. The van der Waals surface area contributed by atoms with Gasteiger partial charge in [0.1, 0.15) is 5.75 Å². The highest BCUT2D eigenvalue weighted by Gasteiger charge is 2.09. The quantitative estimate of drug-likeness (QED) is 0.850. The van der Waals surface area contributed by atoms with Crippen LogP contribution < -0.4 is 15.0 Å². The maximum absolute atomic E-state index is 12.2. The van der Waals surface area contributed by atoms with Crippen LogP contribution >= 0.6 is 0 Å². The highest BCUT2D eigenvalue weighted by molar-refractivity contribution is 5.73. The molecule has 0 radical (unpaired) electrons. The second-order valence-corrected chi connectivity index (χ2v) is 5.70. The zero-order valence-corrected chi connectivity index (χ0v) is 14.5. The molecule has 24 heavy (non-hydrogen) atoms. The third-order valence-electron chi connectivity index (χ3n) is 3.82. The number of hydrogen-bond donors (Lipinski definition) is 1. The standard InChI is InChI=1S/C19H25N3O2/c1-21(17-9-5-4-6-10-17)13-12-20-19(23)22(2)15-16-8-7-11-18(14-16)24-3/h4-11,14H,12-13,15H2,1-3H3,(H,20,23). The van der Waals surface area contributed by atoms with Crippen LogP contribution in [0.2, 0.25) is 0 Å². The van der Waals surface area contributed by atoms with Gasteiger partial charge in [0.2, 0.25) is 0 Å². The van der Waals surface area contributed by atoms with Crippen LogP contribution in [0.15, 0.2) is 54.6 Å². The summed E-state index contributed by atoms with van der Waals surface area (Å²) >= 11 is 0. The number of para-hydroxylation sites is 1. The minimum absolute atomic E-state index is 0.0840. The molecule has 0 aliphatic carbocycles. The monoisotopic (exact) mass is 327 g/mol. The van der Waals surface area contributed by atoms with Crippen molar-refractivity contribution in [1.29, 1.82) is 0 Å². The number of methoxy groups -OCH3 is 1. The summed E-state index contributed by atoms with van der Waals surface area (Å²) in [4.78, 5) is 16.0. The number of amides is 2. The van der Waals surface area contributed by atoms with Crippen molar-refractivity contribution >= 4 is 11.7 Å². The Kier molecular flexibility index (Phi) is 6.49. The third kappa shape index (κ3) is 5.19. The second-order valence-electron chi connectivity index (χ2n) is 5.70. The predicted molar refractivity (Wildman–Crippen MR) is 97.6 cm³/mol. The van der Waals surface area contributed by atoms with Crippen LogP contribution in [0.4, 0.5) is 10.5 Å². The fourth-order valence-corrected chi connectivity index (χ4v) is 2.39. The Morgan fingerprint density at radius 2 is 1.83 bits per heavy atom. The van der Waals surface area contributed by atoms with Gasteiger partial charge in [-0.1, -0.05) is 30.3 Å². The number of nitrogens with zero attached hydrogens (tertiary/aromatic N) is 2. The van der Waals surface area contributed by atoms with Crippen LogP contribution in [0.3, 0.4) is 0 Å². The number of hydrogen-bond acceptors (Lipinski definition) is 3. The molecule has 2 rings (SSSR count). The van der Waals surface area contributed by atoms with Gasteiger partial charge in [-0.15, -0.1) is 0 Å². The Morgan fingerprint density at radius 3 is 2.54 bits per heavy atom. The van der Waals surface area contributed by atoms with Crippen molar-refractivity contribution in [2.75, 3.05) is 39.2 Å². The molecule has 0 saturated heterocycles. The summed E-state index contributed by atoms with van der Waals surface area (Å²) in [6.45, 7) is 1.88. The third-order valence-corrected chi connectivity index (χ3v) is 3.82. The molecule has 1 N–H and O–H groups in total. The number of anilines is 1. The molecule has 128 valence electrons. The normalized spacial score (nSPS) is 10.1. The summed E-state index contributed by atoms with van der Waals surface area (Å²) in [5.41, 5.74) is 2.17. The lowest BCUT2D eigenvalue weighted by Gasteiger charge is -2.22. The summed E-state index contributed by atoms with van der Waals surface area (Å²) in [5.74, 6) is 0.797. The Morgan fingerprint density at radius 1 is 1.08 bits per heavy atom. The van der Waals surface area contributed by atoms with E-state index in [2.05, 4.69) is 22.3 Å². The summed E-state index contributed by atoms with van der Waals surface area (Å²) in [6, 6.07) is 17.8. The molecule has 0 spiro atoms. The first kappa shape index (κ1) is 17.7. The molecule has 5 nitrogen and oxygen atoms in total. The largest absolute Gasteiger partial charge is 0.497 e. The minimum Gasteiger partial charge on any atom is -0.497 e. The van der Waals surface area contributed by atoms with Gasteiger partial charge in [-0.05, 0) is 29.8 Å². The first-order valence-corrected chi connectivity index (χ1v) is 7.98. The van der Waals surface area contributed by atoms with Gasteiger partial charge in [-0.25, -0.2) is 4.79 Å². The summed E-state index contributed by atoms with van der Waals surface area (Å²) in [6.07, 6.45) is 0. The van der Waals surface area contributed by atoms with Crippen molar-refractivity contribution < 1.29 is 9.53 Å². The number of likely N-dealkylation sites (N-methyl/N-ethyl adjacent to an activating group) is 1. The average molecular weight is 327 g/mol. The van der Waals surface area contributed by atoms with Gasteiger partial charge in [0.15, 0.2) is 0 Å². The molecule has 2 amide bonds. The predicted octanol–water partition coefficient (Wildman–Crippen LogP) is 2.97. The number of nitrogens with one attached hydrogen (secondary N) is 1. The van der Waals surface area contributed by atoms with Gasteiger partial charge in [0, 0.05) is 39.4 Å². The minimum atomic E-state index is -0.0840. The molecule has 2 aromatic rings. The van der Waals surface area contributed by atoms with Crippen LogP contribution in [0.25, 0.3) is 0 Å². The number of benzene rings is 2. The highest BCUT2D eigenvalue weighted by atomic mass is 16.5. The maximum Gasteiger partial charge on any atom is 0.317 e. The molecule has 0 heterocycles. The Bertz CT molecular complexity index is 646. The topological polar surface area (TPSA) is 44.8 Å². The van der Waals surface area contributed by atoms with Crippen molar-refractivity contribution in [2.24, 2.45) is 0 Å². The van der Waals surface area contributed by atoms with Gasteiger partial charge in [0.25, 0.3) is 0 Å². The van der Waals surface area contributed by atoms with E-state index in [1.54, 1.807) is 19.1 Å². The van der Waals surface area contributed by atoms with Gasteiger partial charge in [-0.2, -0.15) is 0 Å². The lowest BCUT2D eigenvalue weighted by molar-refractivity contribution is 0.207. The fraction of sp³-hybridized carbons (Fsp3) is 0.316. The van der Waals surface area contributed by atoms with Crippen LogP contribution in [-0.2, 0) is 6.54 Å². The Hall–Kier alpha value is -2.69. The van der Waals surface area contributed by atoms with Gasteiger partial charge in [0.05, 0.1) is 7.11 Å². The van der Waals surface area contributed by atoms with E-state index in [0.717, 1.165) is 23.5 Å². The maximum atomic E-state index is 12.2. The van der Waals surface area contributed by atoms with E-state index in [9.17, 15) is 4.79 Å². The second kappa shape index (κ2) is 8.82. The smallest absolute Gasteiger partial charge is 0.317 e. The molecular weight excluding hydrogens is 302 g/mol. The van der Waals surface area contributed by atoms with E-state index < -0.39 is 0 Å². The Labute approximate surface area is 143 Å². The highest BCUT2D eigenvalue weighted by Crippen LogP contribution is 2.14. The number of carbonyl (C=O) groups excluding carboxylic acids is 1. The first-order chi connectivity index (χ1) is 11.6. The van der Waals surface area contributed by atoms with E-state index in [0.29, 0.717) is 13.1 Å². The van der Waals surface area contributed by atoms with Gasteiger partial charge >= 0.3 is 6.03 Å². The fourth-order valence-electron chi connectivity index (χ4n) is 2.39. The number of carbonyl (C=O) groups is 1. The van der Waals surface area contributed by atoms with Crippen molar-refractivity contribution in [3.05, 3.63) is 60.2 Å². The van der Waals surface area contributed by atoms with Crippen molar-refractivity contribution in [3.63, 3.8) is 0 Å². The van der Waals surface area contributed by atoms with E-state index >= 15 is 0 Å². The lowest BCUT2D eigenvalue weighted by atomic mass is 10.2. The molecule has 5 heteroatoms. The van der Waals surface area contributed by atoms with Crippen molar-refractivity contribution in [3.8, 4) is 5.75 Å². The van der Waals surface area contributed by atoms with E-state index in [1.165, 1.54) is 0 Å². The SMILES string of the molecule is COc1cccc(CN(C)C(=O)NCCN(C)c2ccccc2)c1. The summed E-state index contributed by atoms with van der Waals surface area (Å²) in [7, 11) is 5.44. The summed E-state index contributed by atoms with van der Waals surface area (Å²) < 4.78 is 5.21. The Balaban J connectivity index is 1.77. The molecule has 0 aromatic heterocycles. The van der Waals surface area contributed by atoms with Crippen LogP contribution in [-0.4, -0.2) is 45.2 Å². The molecule has 0 aliphatic rings. The molecule has 0 aliphatic heterocycles. The van der Waals surface area contributed by atoms with Crippen molar-refractivity contribution in [1.82, 2.24) is 10.2 Å². The first-order valence-electron chi connectivity index (χ1n) is 7.98. The van der Waals surface area contributed by atoms with Crippen molar-refractivity contribution in [2.45, 2.75) is 6.54 Å². The number of ether oxygens (including phenoxy) is 1. The molecular formula is C19H25N3O2. The molecule has 0 atom stereocenters. The van der Waals surface area contributed by atoms with E-state index in [-0.39, 0.29) is 6.03 Å². The lowest BCUT2D eigenvalue weighted by Crippen LogP contribution is -2.40.